The van der Waals surface area contributed by atoms with Gasteiger partial charge in [0.25, 0.3) is 5.91 Å². The Labute approximate surface area is 111 Å². The number of fused-ring (bicyclic) bond motifs is 1. The van der Waals surface area contributed by atoms with E-state index < -0.39 is 0 Å². The maximum absolute atomic E-state index is 11.6. The lowest BCUT2D eigenvalue weighted by molar-refractivity contribution is -0.127. The van der Waals surface area contributed by atoms with Crippen LogP contribution in [0.25, 0.3) is 0 Å². The van der Waals surface area contributed by atoms with Gasteiger partial charge in [0.15, 0.2) is 0 Å². The normalized spacial score (nSPS) is 21.7. The molecule has 2 aliphatic rings. The molecule has 19 heavy (non-hydrogen) atoms. The number of amides is 2. The van der Waals surface area contributed by atoms with Crippen molar-refractivity contribution in [2.24, 2.45) is 0 Å². The van der Waals surface area contributed by atoms with Crippen LogP contribution in [-0.4, -0.2) is 36.1 Å². The number of carbonyl (C=O) groups is 2. The summed E-state index contributed by atoms with van der Waals surface area (Å²) in [6.07, 6.45) is 1.09. The summed E-state index contributed by atoms with van der Waals surface area (Å²) in [6, 6.07) is 5.99. The third-order valence-corrected chi connectivity index (χ3v) is 3.65. The zero-order valence-electron chi connectivity index (χ0n) is 10.8. The molecule has 0 aromatic heterocycles. The second-order valence-electron chi connectivity index (χ2n) is 4.96. The minimum absolute atomic E-state index is 0.0435. The molecule has 1 saturated heterocycles. The van der Waals surface area contributed by atoms with Crippen molar-refractivity contribution in [1.29, 1.82) is 0 Å². The van der Waals surface area contributed by atoms with Gasteiger partial charge in [-0.2, -0.15) is 0 Å². The van der Waals surface area contributed by atoms with E-state index in [2.05, 4.69) is 5.32 Å². The minimum atomic E-state index is -0.137. The van der Waals surface area contributed by atoms with Crippen LogP contribution in [0, 0.1) is 0 Å². The van der Waals surface area contributed by atoms with E-state index in [9.17, 15) is 9.59 Å². The summed E-state index contributed by atoms with van der Waals surface area (Å²) >= 11 is 0. The highest BCUT2D eigenvalue weighted by molar-refractivity contribution is 5.99. The number of nitrogens with one attached hydrogen (secondary N) is 1. The smallest absolute Gasteiger partial charge is 0.250 e. The van der Waals surface area contributed by atoms with E-state index in [0.717, 1.165) is 23.2 Å². The van der Waals surface area contributed by atoms with Crippen molar-refractivity contribution in [3.63, 3.8) is 0 Å². The molecule has 5 heteroatoms. The fraction of sp³-hybridized carbons (Fsp3) is 0.429. The van der Waals surface area contributed by atoms with Gasteiger partial charge < -0.3 is 15.0 Å². The summed E-state index contributed by atoms with van der Waals surface area (Å²) in [4.78, 5) is 24.6. The Balaban J connectivity index is 1.66. The number of anilines is 1. The zero-order chi connectivity index (χ0) is 13.4. The second kappa shape index (κ2) is 4.66. The highest BCUT2D eigenvalue weighted by Gasteiger charge is 2.27. The summed E-state index contributed by atoms with van der Waals surface area (Å²) in [6.45, 7) is 2.71. The summed E-state index contributed by atoms with van der Waals surface area (Å²) in [5.74, 6) is 0.0888. The number of benzene rings is 1. The van der Waals surface area contributed by atoms with Gasteiger partial charge in [0, 0.05) is 12.2 Å². The molecule has 1 atom stereocenters. The Bertz CT molecular complexity index is 541. The fourth-order valence-corrected chi connectivity index (χ4v) is 2.54. The molecule has 1 unspecified atom stereocenters. The molecule has 3 rings (SSSR count). The van der Waals surface area contributed by atoms with Crippen LogP contribution in [0.1, 0.15) is 18.1 Å². The SMILES string of the molecule is CC1OCC(=O)N1CCc1ccc2c(c1)NC(=O)C2. The van der Waals surface area contributed by atoms with Gasteiger partial charge in [-0.05, 0) is 30.5 Å². The average molecular weight is 260 g/mol. The number of carbonyl (C=O) groups excluding carboxylic acids is 2. The number of ether oxygens (including phenoxy) is 1. The number of rotatable bonds is 3. The zero-order valence-corrected chi connectivity index (χ0v) is 10.8. The Morgan fingerprint density at radius 2 is 2.26 bits per heavy atom. The molecule has 1 N–H and O–H groups in total. The first-order chi connectivity index (χ1) is 9.13. The van der Waals surface area contributed by atoms with Gasteiger partial charge in [0.2, 0.25) is 5.91 Å². The Morgan fingerprint density at radius 1 is 1.42 bits per heavy atom. The summed E-state index contributed by atoms with van der Waals surface area (Å²) in [7, 11) is 0. The van der Waals surface area contributed by atoms with E-state index in [0.29, 0.717) is 13.0 Å². The maximum atomic E-state index is 11.6. The number of hydrogen-bond donors (Lipinski definition) is 1. The first-order valence-corrected chi connectivity index (χ1v) is 6.46. The van der Waals surface area contributed by atoms with Crippen LogP contribution < -0.4 is 5.32 Å². The largest absolute Gasteiger partial charge is 0.349 e. The highest BCUT2D eigenvalue weighted by Crippen LogP contribution is 2.24. The number of hydrogen-bond acceptors (Lipinski definition) is 3. The van der Waals surface area contributed by atoms with Crippen molar-refractivity contribution in [2.75, 3.05) is 18.5 Å². The molecule has 5 nitrogen and oxygen atoms in total. The van der Waals surface area contributed by atoms with Crippen molar-refractivity contribution in [3.05, 3.63) is 29.3 Å². The molecule has 1 fully saturated rings. The lowest BCUT2D eigenvalue weighted by Gasteiger charge is -2.19. The van der Waals surface area contributed by atoms with E-state index in [-0.39, 0.29) is 24.6 Å². The molecular weight excluding hydrogens is 244 g/mol. The Hall–Kier alpha value is -1.88. The van der Waals surface area contributed by atoms with E-state index >= 15 is 0 Å². The van der Waals surface area contributed by atoms with Crippen LogP contribution in [0.2, 0.25) is 0 Å². The monoisotopic (exact) mass is 260 g/mol. The van der Waals surface area contributed by atoms with Gasteiger partial charge in [-0.1, -0.05) is 12.1 Å². The molecule has 2 heterocycles. The Kier molecular flexibility index (Phi) is 2.98. The number of nitrogens with zero attached hydrogens (tertiary/aromatic N) is 1. The highest BCUT2D eigenvalue weighted by atomic mass is 16.5. The molecule has 0 bridgehead atoms. The third-order valence-electron chi connectivity index (χ3n) is 3.65. The fourth-order valence-electron chi connectivity index (χ4n) is 2.54. The lowest BCUT2D eigenvalue weighted by Crippen LogP contribution is -2.33. The van der Waals surface area contributed by atoms with Gasteiger partial charge >= 0.3 is 0 Å². The van der Waals surface area contributed by atoms with Crippen LogP contribution in [0.4, 0.5) is 5.69 Å². The molecule has 100 valence electrons. The van der Waals surface area contributed by atoms with E-state index in [1.165, 1.54) is 0 Å². The van der Waals surface area contributed by atoms with Gasteiger partial charge in [0.1, 0.15) is 12.8 Å². The van der Waals surface area contributed by atoms with Gasteiger partial charge in [-0.25, -0.2) is 0 Å². The first-order valence-electron chi connectivity index (χ1n) is 6.46. The van der Waals surface area contributed by atoms with Crippen molar-refractivity contribution < 1.29 is 14.3 Å². The van der Waals surface area contributed by atoms with Crippen LogP contribution >= 0.6 is 0 Å². The standard InChI is InChI=1S/C14H16N2O3/c1-9-16(14(18)8-19-9)5-4-10-2-3-11-7-13(17)15-12(11)6-10/h2-3,6,9H,4-5,7-8H2,1H3,(H,15,17). The third kappa shape index (κ3) is 2.33. The molecule has 1 aromatic rings. The molecule has 0 aliphatic carbocycles. The molecular formula is C14H16N2O3. The van der Waals surface area contributed by atoms with Crippen LogP contribution in [0.15, 0.2) is 18.2 Å². The van der Waals surface area contributed by atoms with Crippen LogP contribution in [-0.2, 0) is 27.2 Å². The van der Waals surface area contributed by atoms with Crippen molar-refractivity contribution >= 4 is 17.5 Å². The minimum Gasteiger partial charge on any atom is -0.349 e. The van der Waals surface area contributed by atoms with Gasteiger partial charge in [-0.15, -0.1) is 0 Å². The average Bonchev–Trinajstić information content (AvgIpc) is 2.89. The second-order valence-corrected chi connectivity index (χ2v) is 4.96. The molecule has 2 aliphatic heterocycles. The van der Waals surface area contributed by atoms with Crippen molar-refractivity contribution in [3.8, 4) is 0 Å². The van der Waals surface area contributed by atoms with Crippen LogP contribution in [0.3, 0.4) is 0 Å². The molecule has 0 spiro atoms. The predicted octanol–water partition coefficient (Wildman–Crippen LogP) is 0.928. The summed E-state index contributed by atoms with van der Waals surface area (Å²) in [5.41, 5.74) is 3.06. The van der Waals surface area contributed by atoms with E-state index in [1.54, 1.807) is 4.90 Å². The molecule has 2 amide bonds. The topological polar surface area (TPSA) is 58.6 Å². The molecule has 1 aromatic carbocycles. The van der Waals surface area contributed by atoms with Gasteiger partial charge in [-0.3, -0.25) is 9.59 Å². The predicted molar refractivity (Wildman–Crippen MR) is 69.6 cm³/mol. The molecule has 0 radical (unpaired) electrons. The van der Waals surface area contributed by atoms with E-state index in [4.69, 9.17) is 4.74 Å². The molecule has 0 saturated carbocycles. The summed E-state index contributed by atoms with van der Waals surface area (Å²) in [5, 5.41) is 2.84. The van der Waals surface area contributed by atoms with Gasteiger partial charge in [0.05, 0.1) is 6.42 Å². The maximum Gasteiger partial charge on any atom is 0.250 e. The summed E-state index contributed by atoms with van der Waals surface area (Å²) < 4.78 is 5.27. The van der Waals surface area contributed by atoms with Crippen LogP contribution in [0.5, 0.6) is 0 Å². The Morgan fingerprint density at radius 3 is 3.00 bits per heavy atom. The van der Waals surface area contributed by atoms with E-state index in [1.807, 2.05) is 25.1 Å². The quantitative estimate of drug-likeness (QED) is 0.879. The first kappa shape index (κ1) is 12.2. The van der Waals surface area contributed by atoms with Crippen molar-refractivity contribution in [2.45, 2.75) is 26.0 Å². The lowest BCUT2D eigenvalue weighted by atomic mass is 10.1. The van der Waals surface area contributed by atoms with Crippen molar-refractivity contribution in [1.82, 2.24) is 4.90 Å².